The van der Waals surface area contributed by atoms with E-state index < -0.39 is 36.6 Å². The number of hydrogen-bond acceptors (Lipinski definition) is 4. The summed E-state index contributed by atoms with van der Waals surface area (Å²) in [6, 6.07) is -0.781. The summed E-state index contributed by atoms with van der Waals surface area (Å²) in [6.45, 7) is 0.533. The summed E-state index contributed by atoms with van der Waals surface area (Å²) in [6.07, 6.45) is -5.57. The number of likely N-dealkylation sites (tertiary alicyclic amines) is 1. The van der Waals surface area contributed by atoms with Crippen LogP contribution in [0.4, 0.5) is 23.1 Å². The Labute approximate surface area is 121 Å². The van der Waals surface area contributed by atoms with Gasteiger partial charge in [-0.3, -0.25) is 10.1 Å². The van der Waals surface area contributed by atoms with E-state index in [-0.39, 0.29) is 11.7 Å². The van der Waals surface area contributed by atoms with Crippen LogP contribution >= 0.6 is 11.3 Å². The van der Waals surface area contributed by atoms with Crippen LogP contribution in [0.5, 0.6) is 0 Å². The van der Waals surface area contributed by atoms with Crippen LogP contribution in [0.25, 0.3) is 0 Å². The Kier molecular flexibility index (Phi) is 3.83. The molecular weight excluding hydrogens is 311 g/mol. The highest BCUT2D eigenvalue weighted by atomic mass is 32.1. The number of nitrogens with one attached hydrogen (secondary N) is 1. The normalized spacial score (nSPS) is 22.4. The average molecular weight is 323 g/mol. The van der Waals surface area contributed by atoms with E-state index in [0.717, 1.165) is 16.2 Å². The van der Waals surface area contributed by atoms with E-state index in [1.165, 1.54) is 0 Å². The zero-order chi connectivity index (χ0) is 15.8. The molecule has 2 amide bonds. The fraction of sp³-hybridized carbons (Fsp3) is 0.545. The predicted molar refractivity (Wildman–Crippen MR) is 68.2 cm³/mol. The number of aryl methyl sites for hydroxylation is 1. The molecule has 1 aromatic rings. The first-order valence-electron chi connectivity index (χ1n) is 5.94. The first-order valence-corrected chi connectivity index (χ1v) is 6.82. The third-order valence-corrected chi connectivity index (χ3v) is 4.22. The molecule has 1 atom stereocenters. The largest absolute Gasteiger partial charge is 0.481 e. The summed E-state index contributed by atoms with van der Waals surface area (Å²) in [5.41, 5.74) is -2.23. The molecule has 0 spiro atoms. The van der Waals surface area contributed by atoms with Crippen molar-refractivity contribution in [3.8, 4) is 0 Å². The highest BCUT2D eigenvalue weighted by molar-refractivity contribution is 7.13. The van der Waals surface area contributed by atoms with Crippen molar-refractivity contribution < 1.29 is 27.9 Å². The van der Waals surface area contributed by atoms with Gasteiger partial charge in [0.25, 0.3) is 0 Å². The summed E-state index contributed by atoms with van der Waals surface area (Å²) < 4.78 is 39.0. The molecule has 1 unspecified atom stereocenters. The van der Waals surface area contributed by atoms with Gasteiger partial charge in [0.2, 0.25) is 0 Å². The SMILES string of the molecule is Cc1csc(NC(=O)N2CCC(C(=O)O)(C(F)(F)F)C2)n1. The number of aromatic nitrogens is 1. The molecule has 2 rings (SSSR count). The Bertz CT molecular complexity index is 575. The number of carboxylic acids is 1. The van der Waals surface area contributed by atoms with Crippen molar-refractivity contribution in [1.29, 1.82) is 0 Å². The topological polar surface area (TPSA) is 82.5 Å². The molecule has 1 aliphatic heterocycles. The van der Waals surface area contributed by atoms with E-state index in [1.807, 2.05) is 0 Å². The van der Waals surface area contributed by atoms with E-state index in [4.69, 9.17) is 5.11 Å². The van der Waals surface area contributed by atoms with Gasteiger partial charge in [-0.1, -0.05) is 0 Å². The van der Waals surface area contributed by atoms with Crippen LogP contribution in [0, 0.1) is 12.3 Å². The third-order valence-electron chi connectivity index (χ3n) is 3.34. The van der Waals surface area contributed by atoms with E-state index in [1.54, 1.807) is 12.3 Å². The maximum Gasteiger partial charge on any atom is 0.406 e. The molecule has 0 radical (unpaired) electrons. The fourth-order valence-electron chi connectivity index (χ4n) is 2.09. The van der Waals surface area contributed by atoms with Gasteiger partial charge in [-0.05, 0) is 13.3 Å². The minimum absolute atomic E-state index is 0.261. The van der Waals surface area contributed by atoms with Crippen LogP contribution < -0.4 is 5.32 Å². The van der Waals surface area contributed by atoms with Gasteiger partial charge in [0.15, 0.2) is 10.5 Å². The Morgan fingerprint density at radius 2 is 2.19 bits per heavy atom. The van der Waals surface area contributed by atoms with Crippen molar-refractivity contribution in [3.05, 3.63) is 11.1 Å². The third kappa shape index (κ3) is 2.80. The monoisotopic (exact) mass is 323 g/mol. The minimum Gasteiger partial charge on any atom is -0.481 e. The second kappa shape index (κ2) is 5.17. The van der Waals surface area contributed by atoms with Crippen molar-refractivity contribution in [2.24, 2.45) is 5.41 Å². The maximum absolute atomic E-state index is 13.0. The molecule has 116 valence electrons. The molecule has 2 N–H and O–H groups in total. The van der Waals surface area contributed by atoms with Crippen molar-refractivity contribution in [2.45, 2.75) is 19.5 Å². The molecule has 1 aliphatic rings. The number of amides is 2. The number of rotatable bonds is 2. The molecule has 0 aromatic carbocycles. The molecule has 0 bridgehead atoms. The van der Waals surface area contributed by atoms with Gasteiger partial charge < -0.3 is 10.0 Å². The summed E-state index contributed by atoms with van der Waals surface area (Å²) in [5, 5.41) is 13.2. The summed E-state index contributed by atoms with van der Waals surface area (Å²) in [4.78, 5) is 27.7. The molecule has 0 aliphatic carbocycles. The van der Waals surface area contributed by atoms with Gasteiger partial charge in [0.05, 0.1) is 5.69 Å². The number of halogens is 3. The van der Waals surface area contributed by atoms with Gasteiger partial charge >= 0.3 is 18.2 Å². The predicted octanol–water partition coefficient (Wildman–Crippen LogP) is 2.32. The van der Waals surface area contributed by atoms with E-state index in [2.05, 4.69) is 10.3 Å². The van der Waals surface area contributed by atoms with Gasteiger partial charge in [0.1, 0.15) is 0 Å². The maximum atomic E-state index is 13.0. The van der Waals surface area contributed by atoms with E-state index in [9.17, 15) is 22.8 Å². The minimum atomic E-state index is -4.91. The highest BCUT2D eigenvalue weighted by Gasteiger charge is 2.64. The number of carbonyl (C=O) groups is 2. The zero-order valence-corrected chi connectivity index (χ0v) is 11.7. The van der Waals surface area contributed by atoms with Gasteiger partial charge in [0, 0.05) is 18.5 Å². The van der Waals surface area contributed by atoms with Crippen LogP contribution in [0.15, 0.2) is 5.38 Å². The van der Waals surface area contributed by atoms with Crippen LogP contribution in [0.2, 0.25) is 0 Å². The van der Waals surface area contributed by atoms with Crippen LogP contribution in [0.1, 0.15) is 12.1 Å². The fourth-order valence-corrected chi connectivity index (χ4v) is 2.77. The highest BCUT2D eigenvalue weighted by Crippen LogP contribution is 2.45. The quantitative estimate of drug-likeness (QED) is 0.875. The van der Waals surface area contributed by atoms with Crippen LogP contribution in [0.3, 0.4) is 0 Å². The first kappa shape index (κ1) is 15.5. The lowest BCUT2D eigenvalue weighted by atomic mass is 9.86. The molecular formula is C11H12F3N3O3S. The second-order valence-electron chi connectivity index (χ2n) is 4.78. The van der Waals surface area contributed by atoms with E-state index >= 15 is 0 Å². The second-order valence-corrected chi connectivity index (χ2v) is 5.64. The number of carboxylic acid groups (broad SMARTS) is 1. The van der Waals surface area contributed by atoms with Gasteiger partial charge in [-0.15, -0.1) is 11.3 Å². The number of urea groups is 1. The molecule has 21 heavy (non-hydrogen) atoms. The molecule has 1 aromatic heterocycles. The number of alkyl halides is 3. The van der Waals surface area contributed by atoms with Crippen LogP contribution in [-0.4, -0.2) is 46.3 Å². The van der Waals surface area contributed by atoms with Crippen molar-refractivity contribution >= 4 is 28.5 Å². The lowest BCUT2D eigenvalue weighted by molar-refractivity contribution is -0.226. The van der Waals surface area contributed by atoms with Gasteiger partial charge in [-0.2, -0.15) is 13.2 Å². The Morgan fingerprint density at radius 3 is 2.62 bits per heavy atom. The number of carbonyl (C=O) groups excluding carboxylic acids is 1. The Balaban J connectivity index is 2.10. The lowest BCUT2D eigenvalue weighted by Gasteiger charge is -2.27. The zero-order valence-electron chi connectivity index (χ0n) is 10.9. The molecule has 6 nitrogen and oxygen atoms in total. The number of nitrogens with zero attached hydrogens (tertiary/aromatic N) is 2. The van der Waals surface area contributed by atoms with E-state index in [0.29, 0.717) is 5.69 Å². The molecule has 10 heteroatoms. The van der Waals surface area contributed by atoms with Crippen molar-refractivity contribution in [3.63, 3.8) is 0 Å². The van der Waals surface area contributed by atoms with Crippen LogP contribution in [-0.2, 0) is 4.79 Å². The Hall–Kier alpha value is -1.84. The molecule has 0 saturated carbocycles. The molecule has 1 fully saturated rings. The molecule has 1 saturated heterocycles. The van der Waals surface area contributed by atoms with Crippen molar-refractivity contribution in [2.75, 3.05) is 18.4 Å². The summed E-state index contributed by atoms with van der Waals surface area (Å²) >= 11 is 1.14. The van der Waals surface area contributed by atoms with Crippen molar-refractivity contribution in [1.82, 2.24) is 9.88 Å². The number of hydrogen-bond donors (Lipinski definition) is 2. The standard InChI is InChI=1S/C11H12F3N3O3S/c1-6-4-21-8(15-6)16-9(20)17-3-2-10(5-17,7(18)19)11(12,13)14/h4H,2-3,5H2,1H3,(H,18,19)(H,15,16,20). The summed E-state index contributed by atoms with van der Waals surface area (Å²) in [7, 11) is 0. The number of thiazole rings is 1. The number of anilines is 1. The van der Waals surface area contributed by atoms with Gasteiger partial charge in [-0.25, -0.2) is 9.78 Å². The average Bonchev–Trinajstić information content (AvgIpc) is 2.95. The lowest BCUT2D eigenvalue weighted by Crippen LogP contribution is -2.48. The number of aliphatic carboxylic acids is 1. The Morgan fingerprint density at radius 1 is 1.52 bits per heavy atom. The first-order chi connectivity index (χ1) is 9.65. The summed E-state index contributed by atoms with van der Waals surface area (Å²) in [5.74, 6) is -1.96. The smallest absolute Gasteiger partial charge is 0.406 e. The molecule has 2 heterocycles.